The summed E-state index contributed by atoms with van der Waals surface area (Å²) in [5.74, 6) is 0. The Balaban J connectivity index is 1.68. The SMILES string of the molecule is CCOCC12CCCOC1CCN(Cc1nccs1)C2. The van der Waals surface area contributed by atoms with Crippen molar-refractivity contribution in [1.29, 1.82) is 0 Å². The Morgan fingerprint density at radius 2 is 2.55 bits per heavy atom. The highest BCUT2D eigenvalue weighted by Crippen LogP contribution is 2.40. The van der Waals surface area contributed by atoms with Crippen molar-refractivity contribution < 1.29 is 9.47 Å². The Kier molecular flexibility index (Phi) is 4.71. The lowest BCUT2D eigenvalue weighted by Crippen LogP contribution is -2.56. The molecule has 0 amide bonds. The summed E-state index contributed by atoms with van der Waals surface area (Å²) in [7, 11) is 0. The van der Waals surface area contributed by atoms with Crippen molar-refractivity contribution in [2.24, 2.45) is 5.41 Å². The second-order valence-corrected chi connectivity index (χ2v) is 6.87. The zero-order valence-electron chi connectivity index (χ0n) is 12.2. The van der Waals surface area contributed by atoms with Crippen LogP contribution in [0.25, 0.3) is 0 Å². The highest BCUT2D eigenvalue weighted by molar-refractivity contribution is 7.09. The van der Waals surface area contributed by atoms with Gasteiger partial charge in [0.2, 0.25) is 0 Å². The smallest absolute Gasteiger partial charge is 0.107 e. The molecule has 0 aliphatic carbocycles. The fourth-order valence-electron chi connectivity index (χ4n) is 3.56. The first kappa shape index (κ1) is 14.4. The summed E-state index contributed by atoms with van der Waals surface area (Å²) in [6.45, 7) is 7.79. The second-order valence-electron chi connectivity index (χ2n) is 5.89. The van der Waals surface area contributed by atoms with Gasteiger partial charge in [-0.25, -0.2) is 4.98 Å². The number of fused-ring (bicyclic) bond motifs is 1. The average Bonchev–Trinajstić information content (AvgIpc) is 2.98. The van der Waals surface area contributed by atoms with Crippen LogP contribution in [0.15, 0.2) is 11.6 Å². The van der Waals surface area contributed by atoms with E-state index in [4.69, 9.17) is 9.47 Å². The van der Waals surface area contributed by atoms with E-state index in [1.165, 1.54) is 11.4 Å². The Morgan fingerprint density at radius 3 is 3.35 bits per heavy atom. The fourth-order valence-corrected chi connectivity index (χ4v) is 4.21. The van der Waals surface area contributed by atoms with Gasteiger partial charge in [-0.15, -0.1) is 11.3 Å². The minimum absolute atomic E-state index is 0.198. The first-order chi connectivity index (χ1) is 9.82. The van der Waals surface area contributed by atoms with Crippen LogP contribution >= 0.6 is 11.3 Å². The zero-order valence-corrected chi connectivity index (χ0v) is 13.0. The molecule has 20 heavy (non-hydrogen) atoms. The molecule has 0 spiro atoms. The quantitative estimate of drug-likeness (QED) is 0.836. The van der Waals surface area contributed by atoms with Crippen LogP contribution in [0, 0.1) is 5.41 Å². The van der Waals surface area contributed by atoms with Crippen molar-refractivity contribution in [2.75, 3.05) is 32.9 Å². The summed E-state index contributed by atoms with van der Waals surface area (Å²) in [4.78, 5) is 6.94. The van der Waals surface area contributed by atoms with Crippen LogP contribution in [0.2, 0.25) is 0 Å². The summed E-state index contributed by atoms with van der Waals surface area (Å²) in [6, 6.07) is 0. The van der Waals surface area contributed by atoms with Gasteiger partial charge in [0.05, 0.1) is 19.3 Å². The Morgan fingerprint density at radius 1 is 1.60 bits per heavy atom. The number of aromatic nitrogens is 1. The minimum atomic E-state index is 0.198. The maximum absolute atomic E-state index is 6.05. The second kappa shape index (κ2) is 6.52. The lowest BCUT2D eigenvalue weighted by atomic mass is 9.73. The number of hydrogen-bond acceptors (Lipinski definition) is 5. The summed E-state index contributed by atoms with van der Waals surface area (Å²) in [5, 5.41) is 3.27. The van der Waals surface area contributed by atoms with Gasteiger partial charge in [0.15, 0.2) is 0 Å². The summed E-state index contributed by atoms with van der Waals surface area (Å²) < 4.78 is 11.8. The van der Waals surface area contributed by atoms with Crippen molar-refractivity contribution in [3.63, 3.8) is 0 Å². The molecule has 2 atom stereocenters. The number of likely N-dealkylation sites (tertiary alicyclic amines) is 1. The molecule has 2 fully saturated rings. The first-order valence-electron chi connectivity index (χ1n) is 7.62. The molecule has 4 nitrogen and oxygen atoms in total. The maximum Gasteiger partial charge on any atom is 0.107 e. The van der Waals surface area contributed by atoms with E-state index >= 15 is 0 Å². The summed E-state index contributed by atoms with van der Waals surface area (Å²) in [6.07, 6.45) is 5.79. The van der Waals surface area contributed by atoms with Gasteiger partial charge in [0.25, 0.3) is 0 Å². The highest BCUT2D eigenvalue weighted by Gasteiger charge is 2.46. The lowest BCUT2D eigenvalue weighted by molar-refractivity contribution is -0.153. The molecular weight excluding hydrogens is 272 g/mol. The average molecular weight is 296 g/mol. The van der Waals surface area contributed by atoms with E-state index in [9.17, 15) is 0 Å². The molecule has 3 heterocycles. The predicted molar refractivity (Wildman–Crippen MR) is 79.9 cm³/mol. The molecule has 1 aromatic heterocycles. The van der Waals surface area contributed by atoms with Gasteiger partial charge in [-0.05, 0) is 26.2 Å². The van der Waals surface area contributed by atoms with Crippen molar-refractivity contribution >= 4 is 11.3 Å². The van der Waals surface area contributed by atoms with E-state index in [1.54, 1.807) is 11.3 Å². The molecule has 5 heteroatoms. The van der Waals surface area contributed by atoms with E-state index < -0.39 is 0 Å². The molecule has 2 unspecified atom stereocenters. The number of piperidine rings is 1. The van der Waals surface area contributed by atoms with Gasteiger partial charge < -0.3 is 9.47 Å². The molecule has 0 N–H and O–H groups in total. The molecular formula is C15H24N2O2S. The Hall–Kier alpha value is -0.490. The number of nitrogens with zero attached hydrogens (tertiary/aromatic N) is 2. The van der Waals surface area contributed by atoms with Crippen LogP contribution in [0.5, 0.6) is 0 Å². The third-order valence-corrected chi connectivity index (χ3v) is 5.27. The van der Waals surface area contributed by atoms with Crippen LogP contribution in [0.1, 0.15) is 31.2 Å². The molecule has 0 saturated carbocycles. The van der Waals surface area contributed by atoms with Crippen LogP contribution in [0.4, 0.5) is 0 Å². The molecule has 112 valence electrons. The number of thiazole rings is 1. The Labute approximate surface area is 125 Å². The lowest BCUT2D eigenvalue weighted by Gasteiger charge is -2.50. The topological polar surface area (TPSA) is 34.6 Å². The summed E-state index contributed by atoms with van der Waals surface area (Å²) >= 11 is 1.75. The van der Waals surface area contributed by atoms with Gasteiger partial charge >= 0.3 is 0 Å². The molecule has 1 aromatic rings. The van der Waals surface area contributed by atoms with Gasteiger partial charge in [-0.2, -0.15) is 0 Å². The first-order valence-corrected chi connectivity index (χ1v) is 8.50. The highest BCUT2D eigenvalue weighted by atomic mass is 32.1. The largest absolute Gasteiger partial charge is 0.381 e. The predicted octanol–water partition coefficient (Wildman–Crippen LogP) is 2.55. The number of rotatable bonds is 5. The van der Waals surface area contributed by atoms with Crippen LogP contribution in [-0.2, 0) is 16.0 Å². The van der Waals surface area contributed by atoms with E-state index in [-0.39, 0.29) is 5.41 Å². The molecule has 0 bridgehead atoms. The van der Waals surface area contributed by atoms with Crippen LogP contribution < -0.4 is 0 Å². The zero-order chi connectivity index (χ0) is 13.8. The third-order valence-electron chi connectivity index (χ3n) is 4.50. The normalized spacial score (nSPS) is 31.1. The molecule has 2 aliphatic heterocycles. The molecule has 0 radical (unpaired) electrons. The van der Waals surface area contributed by atoms with Gasteiger partial charge in [0, 0.05) is 43.3 Å². The number of ether oxygens (including phenoxy) is 2. The van der Waals surface area contributed by atoms with Crippen LogP contribution in [0.3, 0.4) is 0 Å². The monoisotopic (exact) mass is 296 g/mol. The fraction of sp³-hybridized carbons (Fsp3) is 0.800. The molecule has 3 rings (SSSR count). The summed E-state index contributed by atoms with van der Waals surface area (Å²) in [5.41, 5.74) is 0.198. The van der Waals surface area contributed by atoms with Crippen molar-refractivity contribution in [3.8, 4) is 0 Å². The minimum Gasteiger partial charge on any atom is -0.381 e. The molecule has 0 aromatic carbocycles. The molecule has 2 aliphatic rings. The maximum atomic E-state index is 6.05. The van der Waals surface area contributed by atoms with E-state index in [0.29, 0.717) is 6.10 Å². The van der Waals surface area contributed by atoms with E-state index in [0.717, 1.165) is 52.3 Å². The standard InChI is InChI=1S/C15H24N2O2S/c1-2-18-12-15-5-3-8-19-13(15)4-7-17(11-15)10-14-16-6-9-20-14/h6,9,13H,2-5,7-8,10-12H2,1H3. The molecule has 2 saturated heterocycles. The van der Waals surface area contributed by atoms with Gasteiger partial charge in [-0.1, -0.05) is 0 Å². The van der Waals surface area contributed by atoms with E-state index in [1.807, 2.05) is 6.20 Å². The van der Waals surface area contributed by atoms with Gasteiger partial charge in [-0.3, -0.25) is 4.90 Å². The van der Waals surface area contributed by atoms with Crippen molar-refractivity contribution in [3.05, 3.63) is 16.6 Å². The van der Waals surface area contributed by atoms with Crippen molar-refractivity contribution in [1.82, 2.24) is 9.88 Å². The van der Waals surface area contributed by atoms with Crippen LogP contribution in [-0.4, -0.2) is 48.9 Å². The van der Waals surface area contributed by atoms with E-state index in [2.05, 4.69) is 22.2 Å². The Bertz CT molecular complexity index is 412. The number of hydrogen-bond donors (Lipinski definition) is 0. The third kappa shape index (κ3) is 3.06. The van der Waals surface area contributed by atoms with Crippen molar-refractivity contribution in [2.45, 2.75) is 38.8 Å². The van der Waals surface area contributed by atoms with Gasteiger partial charge in [0.1, 0.15) is 5.01 Å².